The Morgan fingerprint density at radius 1 is 1.47 bits per heavy atom. The second-order valence-corrected chi connectivity index (χ2v) is 3.74. The van der Waals surface area contributed by atoms with E-state index in [9.17, 15) is 0 Å². The van der Waals surface area contributed by atoms with Crippen molar-refractivity contribution in [1.29, 1.82) is 0 Å². The summed E-state index contributed by atoms with van der Waals surface area (Å²) in [6.07, 6.45) is 2.25. The SMILES string of the molecule is Cc1c(N)nc(C2CC2)nc1OCCO. The predicted octanol–water partition coefficient (Wildman–Crippen LogP) is 0.616. The number of nitrogens with zero attached hydrogens (tertiary/aromatic N) is 2. The molecule has 5 nitrogen and oxygen atoms in total. The Kier molecular flexibility index (Phi) is 2.73. The number of hydrogen-bond donors (Lipinski definition) is 2. The van der Waals surface area contributed by atoms with E-state index in [1.54, 1.807) is 0 Å². The number of nitrogens with two attached hydrogens (primary N) is 1. The molecule has 0 bridgehead atoms. The lowest BCUT2D eigenvalue weighted by molar-refractivity contribution is 0.195. The topological polar surface area (TPSA) is 81.3 Å². The van der Waals surface area contributed by atoms with Gasteiger partial charge in [-0.2, -0.15) is 4.98 Å². The molecule has 0 saturated heterocycles. The largest absolute Gasteiger partial charge is 0.475 e. The highest BCUT2D eigenvalue weighted by Crippen LogP contribution is 2.39. The summed E-state index contributed by atoms with van der Waals surface area (Å²) in [4.78, 5) is 8.54. The van der Waals surface area contributed by atoms with Crippen LogP contribution < -0.4 is 10.5 Å². The highest BCUT2D eigenvalue weighted by Gasteiger charge is 2.28. The first-order valence-electron chi connectivity index (χ1n) is 5.10. The van der Waals surface area contributed by atoms with Gasteiger partial charge in [-0.1, -0.05) is 0 Å². The van der Waals surface area contributed by atoms with E-state index in [4.69, 9.17) is 15.6 Å². The smallest absolute Gasteiger partial charge is 0.221 e. The van der Waals surface area contributed by atoms with E-state index < -0.39 is 0 Å². The monoisotopic (exact) mass is 209 g/mol. The van der Waals surface area contributed by atoms with E-state index in [2.05, 4.69) is 9.97 Å². The molecule has 15 heavy (non-hydrogen) atoms. The lowest BCUT2D eigenvalue weighted by atomic mass is 10.3. The highest BCUT2D eigenvalue weighted by molar-refractivity contribution is 5.45. The van der Waals surface area contributed by atoms with E-state index in [0.29, 0.717) is 17.6 Å². The van der Waals surface area contributed by atoms with Crippen molar-refractivity contribution in [2.45, 2.75) is 25.7 Å². The Bertz CT molecular complexity index is 364. The third kappa shape index (κ3) is 2.18. The van der Waals surface area contributed by atoms with Gasteiger partial charge in [0.15, 0.2) is 0 Å². The quantitative estimate of drug-likeness (QED) is 0.759. The number of hydrogen-bond acceptors (Lipinski definition) is 5. The van der Waals surface area contributed by atoms with Crippen LogP contribution in [-0.2, 0) is 0 Å². The number of rotatable bonds is 4. The van der Waals surface area contributed by atoms with Crippen LogP contribution in [-0.4, -0.2) is 28.3 Å². The molecule has 1 aromatic rings. The summed E-state index contributed by atoms with van der Waals surface area (Å²) in [7, 11) is 0. The summed E-state index contributed by atoms with van der Waals surface area (Å²) < 4.78 is 5.30. The van der Waals surface area contributed by atoms with Crippen molar-refractivity contribution >= 4 is 5.82 Å². The first-order valence-corrected chi connectivity index (χ1v) is 5.10. The Morgan fingerprint density at radius 2 is 2.20 bits per heavy atom. The molecule has 0 radical (unpaired) electrons. The van der Waals surface area contributed by atoms with Crippen molar-refractivity contribution in [2.24, 2.45) is 0 Å². The Hall–Kier alpha value is -1.36. The van der Waals surface area contributed by atoms with Crippen LogP contribution in [0.5, 0.6) is 5.88 Å². The highest BCUT2D eigenvalue weighted by atomic mass is 16.5. The normalized spacial score (nSPS) is 15.3. The zero-order chi connectivity index (χ0) is 10.8. The van der Waals surface area contributed by atoms with Crippen LogP contribution >= 0.6 is 0 Å². The second-order valence-electron chi connectivity index (χ2n) is 3.74. The molecule has 0 aromatic carbocycles. The fraction of sp³-hybridized carbons (Fsp3) is 0.600. The van der Waals surface area contributed by atoms with Crippen LogP contribution in [0.25, 0.3) is 0 Å². The predicted molar refractivity (Wildman–Crippen MR) is 55.7 cm³/mol. The van der Waals surface area contributed by atoms with Crippen molar-refractivity contribution in [2.75, 3.05) is 18.9 Å². The van der Waals surface area contributed by atoms with Crippen LogP contribution in [0.2, 0.25) is 0 Å². The lowest BCUT2D eigenvalue weighted by Crippen LogP contribution is -2.09. The summed E-state index contributed by atoms with van der Waals surface area (Å²) >= 11 is 0. The van der Waals surface area contributed by atoms with Gasteiger partial charge in [0.2, 0.25) is 5.88 Å². The molecule has 0 amide bonds. The van der Waals surface area contributed by atoms with E-state index in [1.807, 2.05) is 6.92 Å². The van der Waals surface area contributed by atoms with Gasteiger partial charge in [0.25, 0.3) is 0 Å². The summed E-state index contributed by atoms with van der Waals surface area (Å²) in [6, 6.07) is 0. The van der Waals surface area contributed by atoms with Gasteiger partial charge in [0, 0.05) is 5.92 Å². The molecule has 0 unspecified atom stereocenters. The number of ether oxygens (including phenoxy) is 1. The molecule has 3 N–H and O–H groups in total. The minimum absolute atomic E-state index is 0.0257. The Morgan fingerprint density at radius 3 is 2.80 bits per heavy atom. The van der Waals surface area contributed by atoms with Crippen molar-refractivity contribution in [3.8, 4) is 5.88 Å². The van der Waals surface area contributed by atoms with Gasteiger partial charge in [-0.05, 0) is 19.8 Å². The van der Waals surface area contributed by atoms with Crippen LogP contribution in [0.15, 0.2) is 0 Å². The zero-order valence-electron chi connectivity index (χ0n) is 8.73. The van der Waals surface area contributed by atoms with Gasteiger partial charge in [-0.3, -0.25) is 0 Å². The number of aliphatic hydroxyl groups excluding tert-OH is 1. The summed E-state index contributed by atoms with van der Waals surface area (Å²) in [6.45, 7) is 2.03. The van der Waals surface area contributed by atoms with Gasteiger partial charge >= 0.3 is 0 Å². The third-order valence-electron chi connectivity index (χ3n) is 2.43. The van der Waals surface area contributed by atoms with Crippen molar-refractivity contribution in [3.05, 3.63) is 11.4 Å². The van der Waals surface area contributed by atoms with E-state index in [0.717, 1.165) is 24.2 Å². The molecule has 82 valence electrons. The minimum Gasteiger partial charge on any atom is -0.475 e. The Labute approximate surface area is 88.3 Å². The number of anilines is 1. The molecule has 1 heterocycles. The van der Waals surface area contributed by atoms with Crippen molar-refractivity contribution in [1.82, 2.24) is 9.97 Å². The number of aromatic nitrogens is 2. The van der Waals surface area contributed by atoms with Gasteiger partial charge in [0.1, 0.15) is 18.2 Å². The molecule has 1 aliphatic rings. The maximum absolute atomic E-state index is 8.68. The second kappa shape index (κ2) is 4.02. The van der Waals surface area contributed by atoms with Crippen molar-refractivity contribution < 1.29 is 9.84 Å². The van der Waals surface area contributed by atoms with Crippen LogP contribution in [0.4, 0.5) is 5.82 Å². The number of aliphatic hydroxyl groups is 1. The molecule has 1 aromatic heterocycles. The first kappa shape index (κ1) is 10.2. The fourth-order valence-corrected chi connectivity index (χ4v) is 1.34. The molecule has 0 aliphatic heterocycles. The maximum Gasteiger partial charge on any atom is 0.221 e. The van der Waals surface area contributed by atoms with Gasteiger partial charge in [-0.25, -0.2) is 4.98 Å². The fourth-order valence-electron chi connectivity index (χ4n) is 1.34. The third-order valence-corrected chi connectivity index (χ3v) is 2.43. The first-order chi connectivity index (χ1) is 7.22. The average molecular weight is 209 g/mol. The zero-order valence-corrected chi connectivity index (χ0v) is 8.73. The van der Waals surface area contributed by atoms with Crippen LogP contribution in [0.1, 0.15) is 30.1 Å². The standard InChI is InChI=1S/C10H15N3O2/c1-6-8(11)12-9(7-2-3-7)13-10(6)15-5-4-14/h7,14H,2-5H2,1H3,(H2,11,12,13). The van der Waals surface area contributed by atoms with Crippen molar-refractivity contribution in [3.63, 3.8) is 0 Å². The molecule has 2 rings (SSSR count). The molecule has 1 fully saturated rings. The van der Waals surface area contributed by atoms with E-state index in [-0.39, 0.29) is 13.2 Å². The van der Waals surface area contributed by atoms with E-state index >= 15 is 0 Å². The average Bonchev–Trinajstić information content (AvgIpc) is 3.03. The summed E-state index contributed by atoms with van der Waals surface area (Å²) in [5.41, 5.74) is 6.51. The van der Waals surface area contributed by atoms with Gasteiger partial charge < -0.3 is 15.6 Å². The summed E-state index contributed by atoms with van der Waals surface area (Å²) in [5.74, 6) is 2.19. The molecule has 1 aliphatic carbocycles. The molecule has 5 heteroatoms. The Balaban J connectivity index is 2.25. The maximum atomic E-state index is 8.68. The summed E-state index contributed by atoms with van der Waals surface area (Å²) in [5, 5.41) is 8.68. The molecule has 0 spiro atoms. The van der Waals surface area contributed by atoms with Gasteiger partial charge in [-0.15, -0.1) is 0 Å². The van der Waals surface area contributed by atoms with E-state index in [1.165, 1.54) is 0 Å². The molecular weight excluding hydrogens is 194 g/mol. The minimum atomic E-state index is -0.0257. The van der Waals surface area contributed by atoms with Crippen LogP contribution in [0.3, 0.4) is 0 Å². The van der Waals surface area contributed by atoms with Crippen LogP contribution in [0, 0.1) is 6.92 Å². The molecule has 0 atom stereocenters. The number of nitrogen functional groups attached to an aromatic ring is 1. The lowest BCUT2D eigenvalue weighted by Gasteiger charge is -2.09. The molecular formula is C10H15N3O2. The molecule has 1 saturated carbocycles. The van der Waals surface area contributed by atoms with Gasteiger partial charge in [0.05, 0.1) is 12.2 Å².